The molecule has 2 aliphatic heterocycles. The van der Waals surface area contributed by atoms with E-state index in [4.69, 9.17) is 29.4 Å². The molecule has 1 atom stereocenters. The maximum Gasteiger partial charge on any atom is 0.255 e. The van der Waals surface area contributed by atoms with E-state index in [0.717, 1.165) is 10.5 Å². The van der Waals surface area contributed by atoms with Crippen LogP contribution in [-0.2, 0) is 44.6 Å². The number of hydrogen-bond donors (Lipinski definition) is 2. The molecular formula is C25H35N3O9S. The highest BCUT2D eigenvalue weighted by molar-refractivity contribution is 7.99. The maximum absolute atomic E-state index is 12.9. The molecule has 2 aliphatic rings. The van der Waals surface area contributed by atoms with Crippen molar-refractivity contribution < 1.29 is 42.9 Å². The van der Waals surface area contributed by atoms with Crippen molar-refractivity contribution in [2.75, 3.05) is 71.8 Å². The van der Waals surface area contributed by atoms with E-state index >= 15 is 0 Å². The molecule has 1 aromatic rings. The minimum atomic E-state index is -0.617. The molecule has 210 valence electrons. The van der Waals surface area contributed by atoms with Crippen molar-refractivity contribution in [2.24, 2.45) is 5.73 Å². The Morgan fingerprint density at radius 1 is 0.921 bits per heavy atom. The Labute approximate surface area is 225 Å². The number of carbonyl (C=O) groups is 4. The van der Waals surface area contributed by atoms with Gasteiger partial charge in [0.2, 0.25) is 17.7 Å². The molecular weight excluding hydrogens is 518 g/mol. The van der Waals surface area contributed by atoms with Gasteiger partial charge in [-0.2, -0.15) is 0 Å². The van der Waals surface area contributed by atoms with Gasteiger partial charge in [-0.1, -0.05) is 6.07 Å². The van der Waals surface area contributed by atoms with E-state index in [1.54, 1.807) is 22.7 Å². The zero-order valence-electron chi connectivity index (χ0n) is 21.3. The van der Waals surface area contributed by atoms with Gasteiger partial charge >= 0.3 is 0 Å². The number of nitrogens with one attached hydrogen (secondary N) is 1. The minimum absolute atomic E-state index is 0.107. The molecule has 3 N–H and O–H groups in total. The standard InChI is InChI=1S/C25H35N3O9S/c26-22(29)17-37-13-12-35-9-8-33-6-7-34-10-11-36-14-15-38-21-3-1-2-18-19(21)16-28(25(18)32)20-4-5-23(30)27-24(20)31/h1-3,20H,4-17H2,(H2,26,29)(H,27,30,31). The van der Waals surface area contributed by atoms with Crippen LogP contribution in [0.15, 0.2) is 23.1 Å². The number of nitrogens with zero attached hydrogens (tertiary/aromatic N) is 1. The first-order valence-corrected chi connectivity index (χ1v) is 13.5. The van der Waals surface area contributed by atoms with Crippen molar-refractivity contribution in [1.82, 2.24) is 10.2 Å². The third-order valence-corrected chi connectivity index (χ3v) is 6.82. The molecule has 0 aromatic heterocycles. The Kier molecular flexibility index (Phi) is 13.0. The average molecular weight is 554 g/mol. The number of thioether (sulfide) groups is 1. The Hall–Kier alpha value is -2.55. The minimum Gasteiger partial charge on any atom is -0.378 e. The Bertz CT molecular complexity index is 962. The predicted molar refractivity (Wildman–Crippen MR) is 137 cm³/mol. The molecule has 2 heterocycles. The fourth-order valence-electron chi connectivity index (χ4n) is 3.96. The van der Waals surface area contributed by atoms with Crippen molar-refractivity contribution >= 4 is 35.4 Å². The summed E-state index contributed by atoms with van der Waals surface area (Å²) in [4.78, 5) is 49.6. The molecule has 12 nitrogen and oxygen atoms in total. The number of imide groups is 1. The number of carbonyl (C=O) groups excluding carboxylic acids is 4. The van der Waals surface area contributed by atoms with Crippen molar-refractivity contribution in [1.29, 1.82) is 0 Å². The van der Waals surface area contributed by atoms with Crippen LogP contribution in [0.4, 0.5) is 0 Å². The Morgan fingerprint density at radius 2 is 1.53 bits per heavy atom. The van der Waals surface area contributed by atoms with Crippen LogP contribution in [0.3, 0.4) is 0 Å². The number of piperidine rings is 1. The van der Waals surface area contributed by atoms with Gasteiger partial charge in [0, 0.05) is 29.2 Å². The van der Waals surface area contributed by atoms with Crippen LogP contribution in [-0.4, -0.2) is 106 Å². The van der Waals surface area contributed by atoms with Crippen molar-refractivity contribution in [3.05, 3.63) is 29.3 Å². The van der Waals surface area contributed by atoms with Crippen molar-refractivity contribution in [3.63, 3.8) is 0 Å². The number of hydrogen-bond acceptors (Lipinski definition) is 10. The molecule has 0 spiro atoms. The SMILES string of the molecule is NC(=O)COCCOCCOCCOCCOCCSc1cccc2c1CN(C1CCC(=O)NC1=O)C2=O. The molecule has 0 aliphatic carbocycles. The summed E-state index contributed by atoms with van der Waals surface area (Å²) < 4.78 is 26.8. The third-order valence-electron chi connectivity index (χ3n) is 5.76. The number of nitrogens with two attached hydrogens (primary N) is 1. The number of primary amides is 1. The van der Waals surface area contributed by atoms with Crippen LogP contribution in [0.2, 0.25) is 0 Å². The smallest absolute Gasteiger partial charge is 0.255 e. The molecule has 0 saturated carbocycles. The lowest BCUT2D eigenvalue weighted by atomic mass is 10.0. The first-order valence-electron chi connectivity index (χ1n) is 12.5. The largest absolute Gasteiger partial charge is 0.378 e. The summed E-state index contributed by atoms with van der Waals surface area (Å²) in [7, 11) is 0. The monoisotopic (exact) mass is 553 g/mol. The molecule has 1 saturated heterocycles. The van der Waals surface area contributed by atoms with Crippen molar-refractivity contribution in [3.8, 4) is 0 Å². The highest BCUT2D eigenvalue weighted by atomic mass is 32.2. The molecule has 13 heteroatoms. The average Bonchev–Trinajstić information content (AvgIpc) is 3.22. The van der Waals surface area contributed by atoms with Crippen LogP contribution in [0, 0.1) is 0 Å². The van der Waals surface area contributed by atoms with Crippen molar-refractivity contribution in [2.45, 2.75) is 30.3 Å². The summed E-state index contributed by atoms with van der Waals surface area (Å²) >= 11 is 1.60. The van der Waals surface area contributed by atoms with Gasteiger partial charge in [-0.3, -0.25) is 24.5 Å². The molecule has 0 bridgehead atoms. The fraction of sp³-hybridized carbons (Fsp3) is 0.600. The lowest BCUT2D eigenvalue weighted by Gasteiger charge is -2.29. The van der Waals surface area contributed by atoms with E-state index in [1.807, 2.05) is 12.1 Å². The number of amides is 4. The van der Waals surface area contributed by atoms with Crippen LogP contribution >= 0.6 is 11.8 Å². The molecule has 1 unspecified atom stereocenters. The van der Waals surface area contributed by atoms with Crippen LogP contribution in [0.25, 0.3) is 0 Å². The van der Waals surface area contributed by atoms with E-state index in [1.165, 1.54) is 0 Å². The van der Waals surface area contributed by atoms with Crippen LogP contribution in [0.5, 0.6) is 0 Å². The summed E-state index contributed by atoms with van der Waals surface area (Å²) in [6, 6.07) is 4.98. The number of rotatable bonds is 19. The second-order valence-corrected chi connectivity index (χ2v) is 9.64. The zero-order valence-corrected chi connectivity index (χ0v) is 22.1. The normalized spacial score (nSPS) is 17.1. The molecule has 3 rings (SSSR count). The fourth-order valence-corrected chi connectivity index (χ4v) is 4.90. The third kappa shape index (κ3) is 9.64. The molecule has 4 amide bonds. The first-order chi connectivity index (χ1) is 18.5. The molecule has 0 radical (unpaired) electrons. The van der Waals surface area contributed by atoms with Gasteiger partial charge in [-0.15, -0.1) is 11.8 Å². The summed E-state index contributed by atoms with van der Waals surface area (Å²) in [5.74, 6) is -0.677. The van der Waals surface area contributed by atoms with E-state index in [-0.39, 0.29) is 24.8 Å². The topological polar surface area (TPSA) is 156 Å². The van der Waals surface area contributed by atoms with Gasteiger partial charge in [-0.25, -0.2) is 0 Å². The summed E-state index contributed by atoms with van der Waals surface area (Å²) in [6.07, 6.45) is 0.582. The van der Waals surface area contributed by atoms with E-state index in [2.05, 4.69) is 5.32 Å². The van der Waals surface area contributed by atoms with Crippen LogP contribution in [0.1, 0.15) is 28.8 Å². The Morgan fingerprint density at radius 3 is 2.13 bits per heavy atom. The molecule has 38 heavy (non-hydrogen) atoms. The first kappa shape index (κ1) is 30.0. The quantitative estimate of drug-likeness (QED) is 0.137. The summed E-state index contributed by atoms with van der Waals surface area (Å²) in [5.41, 5.74) is 6.48. The highest BCUT2D eigenvalue weighted by Crippen LogP contribution is 2.34. The zero-order chi connectivity index (χ0) is 27.2. The number of benzene rings is 1. The van der Waals surface area contributed by atoms with Crippen LogP contribution < -0.4 is 11.1 Å². The van der Waals surface area contributed by atoms with Gasteiger partial charge in [0.05, 0.1) is 59.5 Å². The van der Waals surface area contributed by atoms with Gasteiger partial charge in [0.15, 0.2) is 0 Å². The predicted octanol–water partition coefficient (Wildman–Crippen LogP) is 0.108. The number of fused-ring (bicyclic) bond motifs is 1. The second-order valence-electron chi connectivity index (χ2n) is 8.50. The number of ether oxygens (including phenoxy) is 5. The van der Waals surface area contributed by atoms with E-state index in [0.29, 0.717) is 83.7 Å². The van der Waals surface area contributed by atoms with Gasteiger partial charge in [-0.05, 0) is 24.1 Å². The van der Waals surface area contributed by atoms with E-state index < -0.39 is 17.9 Å². The van der Waals surface area contributed by atoms with E-state index in [9.17, 15) is 19.2 Å². The van der Waals surface area contributed by atoms with Gasteiger partial charge < -0.3 is 34.3 Å². The van der Waals surface area contributed by atoms with Gasteiger partial charge in [0.25, 0.3) is 5.91 Å². The Balaban J connectivity index is 1.20. The second kappa shape index (κ2) is 16.4. The molecule has 1 aromatic carbocycles. The maximum atomic E-state index is 12.9. The lowest BCUT2D eigenvalue weighted by molar-refractivity contribution is -0.137. The summed E-state index contributed by atoms with van der Waals surface area (Å²) in [5, 5.41) is 2.33. The molecule has 1 fully saturated rings. The lowest BCUT2D eigenvalue weighted by Crippen LogP contribution is -2.52. The highest BCUT2D eigenvalue weighted by Gasteiger charge is 2.39. The summed E-state index contributed by atoms with van der Waals surface area (Å²) in [6.45, 7) is 4.14. The van der Waals surface area contributed by atoms with Gasteiger partial charge in [0.1, 0.15) is 12.6 Å².